The zero-order valence-electron chi connectivity index (χ0n) is 22.2. The van der Waals surface area contributed by atoms with Crippen LogP contribution in [0.3, 0.4) is 0 Å². The lowest BCUT2D eigenvalue weighted by molar-refractivity contribution is -0.117. The first-order valence-corrected chi connectivity index (χ1v) is 13.0. The van der Waals surface area contributed by atoms with Gasteiger partial charge < -0.3 is 5.32 Å². The fraction of sp³-hybridized carbons (Fsp3) is 0.433. The first-order chi connectivity index (χ1) is 17.2. The van der Waals surface area contributed by atoms with Crippen LogP contribution in [0.4, 0.5) is 5.69 Å². The second kappa shape index (κ2) is 11.2. The van der Waals surface area contributed by atoms with E-state index in [0.29, 0.717) is 12.5 Å². The lowest BCUT2D eigenvalue weighted by Crippen LogP contribution is -2.40. The molecule has 0 saturated carbocycles. The number of likely N-dealkylation sites (tertiary alicyclic amines) is 1. The van der Waals surface area contributed by atoms with Gasteiger partial charge in [-0.2, -0.15) is 5.10 Å². The minimum Gasteiger partial charge on any atom is -0.322 e. The number of benzene rings is 2. The van der Waals surface area contributed by atoms with Gasteiger partial charge in [0.2, 0.25) is 5.91 Å². The van der Waals surface area contributed by atoms with Gasteiger partial charge in [-0.05, 0) is 76.7 Å². The molecular weight excluding hydrogens is 448 g/mol. The summed E-state index contributed by atoms with van der Waals surface area (Å²) >= 11 is 0. The molecule has 2 heterocycles. The maximum absolute atomic E-state index is 13.0. The molecule has 190 valence electrons. The summed E-state index contributed by atoms with van der Waals surface area (Å²) in [7, 11) is 0. The highest BCUT2D eigenvalue weighted by molar-refractivity contribution is 5.98. The minimum absolute atomic E-state index is 0.0255. The Morgan fingerprint density at radius 2 is 1.61 bits per heavy atom. The van der Waals surface area contributed by atoms with E-state index in [1.165, 1.54) is 11.1 Å². The summed E-state index contributed by atoms with van der Waals surface area (Å²) < 4.78 is 1.87. The van der Waals surface area contributed by atoms with Crippen molar-refractivity contribution in [2.75, 3.05) is 25.0 Å². The van der Waals surface area contributed by atoms with Crippen molar-refractivity contribution in [3.63, 3.8) is 0 Å². The van der Waals surface area contributed by atoms with Crippen molar-refractivity contribution >= 4 is 17.4 Å². The van der Waals surface area contributed by atoms with Crippen molar-refractivity contribution in [3.8, 4) is 5.69 Å². The van der Waals surface area contributed by atoms with E-state index < -0.39 is 0 Å². The third kappa shape index (κ3) is 6.11. The van der Waals surface area contributed by atoms with Gasteiger partial charge >= 0.3 is 0 Å². The number of nitrogens with one attached hydrogen (secondary N) is 1. The number of ketones is 1. The molecular formula is C30H38N4O2. The Morgan fingerprint density at radius 1 is 0.972 bits per heavy atom. The molecule has 1 N–H and O–H groups in total. The molecule has 36 heavy (non-hydrogen) atoms. The van der Waals surface area contributed by atoms with E-state index >= 15 is 0 Å². The van der Waals surface area contributed by atoms with Crippen molar-refractivity contribution in [1.29, 1.82) is 0 Å². The zero-order chi connectivity index (χ0) is 25.8. The molecule has 1 aromatic heterocycles. The second-order valence-electron chi connectivity index (χ2n) is 10.6. The Morgan fingerprint density at radius 3 is 2.22 bits per heavy atom. The third-order valence-electron chi connectivity index (χ3n) is 7.04. The number of rotatable bonds is 8. The molecule has 1 aliphatic heterocycles. The molecule has 1 fully saturated rings. The Hall–Kier alpha value is -3.25. The maximum atomic E-state index is 13.0. The van der Waals surface area contributed by atoms with Crippen LogP contribution in [0.1, 0.15) is 59.6 Å². The SMILES string of the molecule is Cc1ccc(-n2nc(C)c(NC(=O)CN3CCC(C(=O)c4ccc(CC(C)C)cc4)CC3)c2C)cc1. The van der Waals surface area contributed by atoms with Crippen LogP contribution < -0.4 is 5.32 Å². The summed E-state index contributed by atoms with van der Waals surface area (Å²) in [5.41, 5.74) is 6.72. The number of aromatic nitrogens is 2. The predicted octanol–water partition coefficient (Wildman–Crippen LogP) is 5.53. The van der Waals surface area contributed by atoms with Crippen LogP contribution in [-0.2, 0) is 11.2 Å². The van der Waals surface area contributed by atoms with Gasteiger partial charge in [0.15, 0.2) is 5.78 Å². The average molecular weight is 487 g/mol. The number of carbonyl (C=O) groups excluding carboxylic acids is 2. The van der Waals surface area contributed by atoms with Crippen molar-refractivity contribution in [2.24, 2.45) is 11.8 Å². The summed E-state index contributed by atoms with van der Waals surface area (Å²) in [5.74, 6) is 0.808. The van der Waals surface area contributed by atoms with Crippen LogP contribution in [-0.4, -0.2) is 46.0 Å². The summed E-state index contributed by atoms with van der Waals surface area (Å²) in [4.78, 5) is 28.0. The molecule has 1 amide bonds. The molecule has 0 radical (unpaired) electrons. The van der Waals surface area contributed by atoms with Gasteiger partial charge in [0.1, 0.15) is 0 Å². The second-order valence-corrected chi connectivity index (χ2v) is 10.6. The van der Waals surface area contributed by atoms with Gasteiger partial charge in [-0.1, -0.05) is 55.8 Å². The van der Waals surface area contributed by atoms with E-state index in [0.717, 1.165) is 60.7 Å². The van der Waals surface area contributed by atoms with E-state index in [4.69, 9.17) is 0 Å². The van der Waals surface area contributed by atoms with Crippen molar-refractivity contribution in [1.82, 2.24) is 14.7 Å². The predicted molar refractivity (Wildman–Crippen MR) is 145 cm³/mol. The smallest absolute Gasteiger partial charge is 0.238 e. The Labute approximate surface area is 214 Å². The van der Waals surface area contributed by atoms with E-state index in [-0.39, 0.29) is 17.6 Å². The molecule has 1 aliphatic rings. The van der Waals surface area contributed by atoms with Crippen molar-refractivity contribution in [2.45, 2.75) is 53.9 Å². The maximum Gasteiger partial charge on any atom is 0.238 e. The van der Waals surface area contributed by atoms with Gasteiger partial charge in [-0.3, -0.25) is 14.5 Å². The molecule has 0 bridgehead atoms. The van der Waals surface area contributed by atoms with Crippen LogP contribution in [0, 0.1) is 32.6 Å². The zero-order valence-corrected chi connectivity index (χ0v) is 22.2. The largest absolute Gasteiger partial charge is 0.322 e. The number of anilines is 1. The Balaban J connectivity index is 1.30. The number of Topliss-reactive ketones (excluding diaryl/α,β-unsaturated/α-hetero) is 1. The first kappa shape index (κ1) is 25.8. The number of aryl methyl sites for hydroxylation is 2. The number of amides is 1. The molecule has 6 heteroatoms. The van der Waals surface area contributed by atoms with Gasteiger partial charge in [-0.15, -0.1) is 0 Å². The van der Waals surface area contributed by atoms with Gasteiger partial charge in [0.05, 0.1) is 29.3 Å². The first-order valence-electron chi connectivity index (χ1n) is 13.0. The summed E-state index contributed by atoms with van der Waals surface area (Å²) in [6.07, 6.45) is 2.59. The van der Waals surface area contributed by atoms with Crippen LogP contribution in [0.25, 0.3) is 5.69 Å². The van der Waals surface area contributed by atoms with Gasteiger partial charge in [-0.25, -0.2) is 4.68 Å². The standard InChI is InChI=1S/C30H38N4O2/c1-20(2)18-24-8-10-25(11-9-24)30(36)26-14-16-33(17-15-26)19-28(35)31-29-22(4)32-34(23(29)5)27-12-6-21(3)7-13-27/h6-13,20,26H,14-19H2,1-5H3,(H,31,35). The molecule has 3 aromatic rings. The van der Waals surface area contributed by atoms with Crippen molar-refractivity contribution < 1.29 is 9.59 Å². The van der Waals surface area contributed by atoms with Crippen LogP contribution in [0.15, 0.2) is 48.5 Å². The highest BCUT2D eigenvalue weighted by atomic mass is 16.2. The Bertz CT molecular complexity index is 1200. The third-order valence-corrected chi connectivity index (χ3v) is 7.04. The summed E-state index contributed by atoms with van der Waals surface area (Å²) in [5, 5.41) is 7.71. The molecule has 4 rings (SSSR count). The normalized spacial score (nSPS) is 14.8. The highest BCUT2D eigenvalue weighted by Crippen LogP contribution is 2.25. The van der Waals surface area contributed by atoms with E-state index in [1.807, 2.05) is 42.8 Å². The van der Waals surface area contributed by atoms with Gasteiger partial charge in [0.25, 0.3) is 0 Å². The number of piperidine rings is 1. The van der Waals surface area contributed by atoms with Crippen LogP contribution in [0.5, 0.6) is 0 Å². The molecule has 0 spiro atoms. The average Bonchev–Trinajstić information content (AvgIpc) is 3.13. The molecule has 0 unspecified atom stereocenters. The van der Waals surface area contributed by atoms with E-state index in [2.05, 4.69) is 60.4 Å². The molecule has 1 saturated heterocycles. The van der Waals surface area contributed by atoms with E-state index in [1.54, 1.807) is 0 Å². The fourth-order valence-corrected chi connectivity index (χ4v) is 5.01. The van der Waals surface area contributed by atoms with Crippen LogP contribution >= 0.6 is 0 Å². The quantitative estimate of drug-likeness (QED) is 0.425. The topological polar surface area (TPSA) is 67.2 Å². The highest BCUT2D eigenvalue weighted by Gasteiger charge is 2.27. The van der Waals surface area contributed by atoms with Crippen LogP contribution in [0.2, 0.25) is 0 Å². The monoisotopic (exact) mass is 486 g/mol. The fourth-order valence-electron chi connectivity index (χ4n) is 5.01. The lowest BCUT2D eigenvalue weighted by Gasteiger charge is -2.30. The number of nitrogens with zero attached hydrogens (tertiary/aromatic N) is 3. The summed E-state index contributed by atoms with van der Waals surface area (Å²) in [6, 6.07) is 16.3. The number of carbonyl (C=O) groups is 2. The molecule has 0 atom stereocenters. The Kier molecular flexibility index (Phi) is 8.04. The minimum atomic E-state index is -0.0461. The number of hydrogen-bond acceptors (Lipinski definition) is 4. The van der Waals surface area contributed by atoms with Gasteiger partial charge in [0, 0.05) is 11.5 Å². The van der Waals surface area contributed by atoms with E-state index in [9.17, 15) is 9.59 Å². The van der Waals surface area contributed by atoms with Crippen molar-refractivity contribution in [3.05, 3.63) is 76.6 Å². The molecule has 6 nitrogen and oxygen atoms in total. The number of hydrogen-bond donors (Lipinski definition) is 1. The molecule has 0 aliphatic carbocycles. The summed E-state index contributed by atoms with van der Waals surface area (Å²) in [6.45, 7) is 12.2. The molecule has 2 aromatic carbocycles. The lowest BCUT2D eigenvalue weighted by atomic mass is 9.88.